The SMILES string of the molecule is NC/C=C/CNC[C@H]1O[C@@H](n2cnc3c(N)ncnc32)[C@H](O)[C@@H]1O. The average molecular weight is 335 g/mol. The highest BCUT2D eigenvalue weighted by Crippen LogP contribution is 2.31. The predicted molar refractivity (Wildman–Crippen MR) is 86.7 cm³/mol. The minimum Gasteiger partial charge on any atom is -0.387 e. The smallest absolute Gasteiger partial charge is 0.167 e. The summed E-state index contributed by atoms with van der Waals surface area (Å²) in [6.07, 6.45) is 3.00. The molecule has 130 valence electrons. The lowest BCUT2D eigenvalue weighted by Crippen LogP contribution is -2.37. The van der Waals surface area contributed by atoms with Gasteiger partial charge >= 0.3 is 0 Å². The van der Waals surface area contributed by atoms with Gasteiger partial charge in [0.05, 0.1) is 6.33 Å². The molecule has 0 saturated carbocycles. The van der Waals surface area contributed by atoms with Crippen molar-refractivity contribution in [2.24, 2.45) is 5.73 Å². The molecule has 10 nitrogen and oxygen atoms in total. The van der Waals surface area contributed by atoms with Gasteiger partial charge in [-0.1, -0.05) is 12.2 Å². The Morgan fingerprint density at radius 2 is 2.08 bits per heavy atom. The number of nitrogens with zero attached hydrogens (tertiary/aromatic N) is 4. The number of imidazole rings is 1. The van der Waals surface area contributed by atoms with Crippen LogP contribution in [0.3, 0.4) is 0 Å². The van der Waals surface area contributed by atoms with Gasteiger partial charge in [-0.25, -0.2) is 15.0 Å². The zero-order chi connectivity index (χ0) is 17.1. The highest BCUT2D eigenvalue weighted by Gasteiger charge is 2.44. The lowest BCUT2D eigenvalue weighted by Gasteiger charge is -2.16. The first-order chi connectivity index (χ1) is 11.6. The molecular weight excluding hydrogens is 314 g/mol. The van der Waals surface area contributed by atoms with E-state index >= 15 is 0 Å². The summed E-state index contributed by atoms with van der Waals surface area (Å²) in [5.74, 6) is 0.247. The number of fused-ring (bicyclic) bond motifs is 1. The maximum atomic E-state index is 10.3. The van der Waals surface area contributed by atoms with Crippen molar-refractivity contribution < 1.29 is 14.9 Å². The summed E-state index contributed by atoms with van der Waals surface area (Å²) in [5, 5.41) is 23.6. The molecule has 0 aliphatic carbocycles. The Bertz CT molecular complexity index is 719. The van der Waals surface area contributed by atoms with Crippen LogP contribution in [0.25, 0.3) is 11.2 Å². The summed E-state index contributed by atoms with van der Waals surface area (Å²) >= 11 is 0. The molecule has 0 radical (unpaired) electrons. The Morgan fingerprint density at radius 3 is 2.88 bits per heavy atom. The van der Waals surface area contributed by atoms with E-state index in [2.05, 4.69) is 20.3 Å². The highest BCUT2D eigenvalue weighted by molar-refractivity contribution is 5.81. The van der Waals surface area contributed by atoms with E-state index in [0.29, 0.717) is 30.8 Å². The Hall–Kier alpha value is -2.11. The molecule has 1 saturated heterocycles. The molecule has 3 rings (SSSR count). The van der Waals surface area contributed by atoms with Crippen LogP contribution in [0.1, 0.15) is 6.23 Å². The Morgan fingerprint density at radius 1 is 1.25 bits per heavy atom. The second-order valence-electron chi connectivity index (χ2n) is 5.49. The fourth-order valence-electron chi connectivity index (χ4n) is 2.67. The molecule has 0 aromatic carbocycles. The summed E-state index contributed by atoms with van der Waals surface area (Å²) in [6.45, 7) is 1.46. The van der Waals surface area contributed by atoms with Crippen LogP contribution in [0.2, 0.25) is 0 Å². The second-order valence-corrected chi connectivity index (χ2v) is 5.49. The minimum atomic E-state index is -1.11. The maximum Gasteiger partial charge on any atom is 0.167 e. The van der Waals surface area contributed by atoms with Gasteiger partial charge in [-0.05, 0) is 0 Å². The van der Waals surface area contributed by atoms with Gasteiger partial charge in [0, 0.05) is 19.6 Å². The third-order valence-corrected chi connectivity index (χ3v) is 3.91. The molecule has 0 amide bonds. The zero-order valence-electron chi connectivity index (χ0n) is 13.0. The van der Waals surface area contributed by atoms with Gasteiger partial charge in [0.25, 0.3) is 0 Å². The summed E-state index contributed by atoms with van der Waals surface area (Å²) in [4.78, 5) is 12.1. The van der Waals surface area contributed by atoms with Gasteiger partial charge < -0.3 is 31.7 Å². The lowest BCUT2D eigenvalue weighted by molar-refractivity contribution is -0.0339. The molecule has 3 heterocycles. The first-order valence-corrected chi connectivity index (χ1v) is 7.64. The van der Waals surface area contributed by atoms with Gasteiger partial charge in [0.2, 0.25) is 0 Å². The number of hydrogen-bond donors (Lipinski definition) is 5. The lowest BCUT2D eigenvalue weighted by atomic mass is 10.1. The van der Waals surface area contributed by atoms with Crippen LogP contribution in [0.15, 0.2) is 24.8 Å². The van der Waals surface area contributed by atoms with E-state index in [9.17, 15) is 10.2 Å². The zero-order valence-corrected chi connectivity index (χ0v) is 13.0. The van der Waals surface area contributed by atoms with Crippen molar-refractivity contribution in [1.82, 2.24) is 24.8 Å². The van der Waals surface area contributed by atoms with E-state index in [0.717, 1.165) is 0 Å². The number of hydrogen-bond acceptors (Lipinski definition) is 9. The van der Waals surface area contributed by atoms with Crippen molar-refractivity contribution in [3.8, 4) is 0 Å². The third-order valence-electron chi connectivity index (χ3n) is 3.91. The normalized spacial score (nSPS) is 27.5. The fraction of sp³-hybridized carbons (Fsp3) is 0.500. The number of aliphatic hydroxyl groups excluding tert-OH is 2. The topological polar surface area (TPSA) is 157 Å². The Labute approximate surface area is 138 Å². The number of ether oxygens (including phenoxy) is 1. The molecular formula is C14H21N7O3. The van der Waals surface area contributed by atoms with Crippen molar-refractivity contribution in [2.45, 2.75) is 24.5 Å². The van der Waals surface area contributed by atoms with Crippen molar-refractivity contribution in [1.29, 1.82) is 0 Å². The number of aromatic nitrogens is 4. The van der Waals surface area contributed by atoms with Crippen LogP contribution in [0.4, 0.5) is 5.82 Å². The van der Waals surface area contributed by atoms with Crippen molar-refractivity contribution in [3.05, 3.63) is 24.8 Å². The van der Waals surface area contributed by atoms with Crippen molar-refractivity contribution in [3.63, 3.8) is 0 Å². The van der Waals surface area contributed by atoms with Crippen molar-refractivity contribution in [2.75, 3.05) is 25.4 Å². The number of nitrogens with one attached hydrogen (secondary N) is 1. The average Bonchev–Trinajstić information content (AvgIpc) is 3.12. The maximum absolute atomic E-state index is 10.3. The van der Waals surface area contributed by atoms with E-state index < -0.39 is 24.5 Å². The Kier molecular flexibility index (Phi) is 5.02. The highest BCUT2D eigenvalue weighted by atomic mass is 16.6. The van der Waals surface area contributed by atoms with Crippen LogP contribution < -0.4 is 16.8 Å². The number of nitrogens with two attached hydrogens (primary N) is 2. The molecule has 24 heavy (non-hydrogen) atoms. The first-order valence-electron chi connectivity index (χ1n) is 7.64. The molecule has 1 aliphatic rings. The number of aliphatic hydroxyl groups is 2. The summed E-state index contributed by atoms with van der Waals surface area (Å²) < 4.78 is 7.35. The van der Waals surface area contributed by atoms with Gasteiger partial charge in [0.1, 0.15) is 30.2 Å². The molecule has 0 unspecified atom stereocenters. The molecule has 1 fully saturated rings. The van der Waals surface area contributed by atoms with E-state index in [-0.39, 0.29) is 5.82 Å². The first kappa shape index (κ1) is 16.7. The quantitative estimate of drug-likeness (QED) is 0.301. The molecule has 4 atom stereocenters. The number of anilines is 1. The summed E-state index contributed by atoms with van der Waals surface area (Å²) in [5.41, 5.74) is 12.0. The van der Waals surface area contributed by atoms with Crippen LogP contribution in [0.5, 0.6) is 0 Å². The second kappa shape index (κ2) is 7.20. The largest absolute Gasteiger partial charge is 0.387 e. The summed E-state index contributed by atoms with van der Waals surface area (Å²) in [7, 11) is 0. The Balaban J connectivity index is 1.72. The standard InChI is InChI=1S/C14H21N7O3/c15-3-1-2-4-17-5-8-10(22)11(23)14(24-8)21-7-20-9-12(16)18-6-19-13(9)21/h1-2,6-8,10-11,14,17,22-23H,3-5,15H2,(H2,16,18,19)/b2-1+/t8-,10-,11-,14-/m1/s1. The van der Waals surface area contributed by atoms with E-state index in [1.54, 1.807) is 4.57 Å². The number of nitrogen functional groups attached to an aromatic ring is 1. The van der Waals surface area contributed by atoms with Gasteiger partial charge in [-0.15, -0.1) is 0 Å². The van der Waals surface area contributed by atoms with E-state index in [1.165, 1.54) is 12.7 Å². The van der Waals surface area contributed by atoms with Crippen molar-refractivity contribution >= 4 is 17.0 Å². The van der Waals surface area contributed by atoms with Gasteiger partial charge in [-0.2, -0.15) is 0 Å². The van der Waals surface area contributed by atoms with Crippen LogP contribution in [-0.4, -0.2) is 67.7 Å². The third kappa shape index (κ3) is 3.09. The molecule has 0 spiro atoms. The van der Waals surface area contributed by atoms with Gasteiger partial charge in [0.15, 0.2) is 17.7 Å². The molecule has 0 bridgehead atoms. The minimum absolute atomic E-state index is 0.247. The van der Waals surface area contributed by atoms with E-state index in [4.69, 9.17) is 16.2 Å². The van der Waals surface area contributed by atoms with Crippen LogP contribution in [0, 0.1) is 0 Å². The predicted octanol–water partition coefficient (Wildman–Crippen LogP) is -1.87. The molecule has 7 N–H and O–H groups in total. The molecule has 2 aromatic rings. The number of rotatable bonds is 6. The molecule has 10 heteroatoms. The van der Waals surface area contributed by atoms with Gasteiger partial charge in [-0.3, -0.25) is 4.57 Å². The van der Waals surface area contributed by atoms with Crippen LogP contribution in [-0.2, 0) is 4.74 Å². The van der Waals surface area contributed by atoms with E-state index in [1.807, 2.05) is 12.2 Å². The molecule has 1 aliphatic heterocycles. The van der Waals surface area contributed by atoms with Crippen LogP contribution >= 0.6 is 0 Å². The summed E-state index contributed by atoms with van der Waals surface area (Å²) in [6, 6.07) is 0. The molecule has 2 aromatic heterocycles. The fourth-order valence-corrected chi connectivity index (χ4v) is 2.67. The monoisotopic (exact) mass is 335 g/mol.